The first-order valence-electron chi connectivity index (χ1n) is 4.95. The standard InChI is InChI=1S/C11H13ClF3N/c1-16-6-2-3-8-4-5-10(12)9(7-8)11(13,14)15/h4-5,7,16H,2-3,6H2,1H3. The zero-order valence-electron chi connectivity index (χ0n) is 8.87. The molecule has 0 saturated heterocycles. The van der Waals surface area contributed by atoms with Gasteiger partial charge in [0.05, 0.1) is 10.6 Å². The van der Waals surface area contributed by atoms with Crippen molar-refractivity contribution in [3.63, 3.8) is 0 Å². The lowest BCUT2D eigenvalue weighted by atomic mass is 10.1. The number of hydrogen-bond donors (Lipinski definition) is 1. The van der Waals surface area contributed by atoms with Crippen LogP contribution < -0.4 is 5.32 Å². The minimum Gasteiger partial charge on any atom is -0.320 e. The van der Waals surface area contributed by atoms with E-state index < -0.39 is 11.7 Å². The van der Waals surface area contributed by atoms with Gasteiger partial charge in [-0.25, -0.2) is 0 Å². The zero-order valence-corrected chi connectivity index (χ0v) is 9.62. The molecule has 1 nitrogen and oxygen atoms in total. The van der Waals surface area contributed by atoms with Crippen LogP contribution in [0.2, 0.25) is 5.02 Å². The molecule has 0 heterocycles. The van der Waals surface area contributed by atoms with Crippen LogP contribution in [0, 0.1) is 0 Å². The molecular formula is C11H13ClF3N. The molecule has 16 heavy (non-hydrogen) atoms. The highest BCUT2D eigenvalue weighted by molar-refractivity contribution is 6.31. The number of nitrogens with one attached hydrogen (secondary N) is 1. The molecule has 0 atom stereocenters. The van der Waals surface area contributed by atoms with E-state index in [1.54, 1.807) is 6.07 Å². The lowest BCUT2D eigenvalue weighted by molar-refractivity contribution is -0.137. The monoisotopic (exact) mass is 251 g/mol. The number of halogens is 4. The molecule has 0 amide bonds. The van der Waals surface area contributed by atoms with Crippen molar-refractivity contribution in [2.45, 2.75) is 19.0 Å². The molecule has 0 radical (unpaired) electrons. The molecule has 0 aliphatic rings. The predicted octanol–water partition coefficient (Wildman–Crippen LogP) is 3.51. The van der Waals surface area contributed by atoms with Crippen LogP contribution in [0.5, 0.6) is 0 Å². The quantitative estimate of drug-likeness (QED) is 0.808. The average Bonchev–Trinajstić information content (AvgIpc) is 2.19. The van der Waals surface area contributed by atoms with Crippen molar-refractivity contribution >= 4 is 11.6 Å². The fourth-order valence-corrected chi connectivity index (χ4v) is 1.64. The molecule has 0 spiro atoms. The lowest BCUT2D eigenvalue weighted by Crippen LogP contribution is -2.09. The van der Waals surface area contributed by atoms with Gasteiger partial charge in [0.1, 0.15) is 0 Å². The second-order valence-electron chi connectivity index (χ2n) is 3.52. The Morgan fingerprint density at radius 3 is 2.56 bits per heavy atom. The van der Waals surface area contributed by atoms with Gasteiger partial charge in [0, 0.05) is 0 Å². The van der Waals surface area contributed by atoms with E-state index in [9.17, 15) is 13.2 Å². The number of aryl methyl sites for hydroxylation is 1. The van der Waals surface area contributed by atoms with Crippen LogP contribution in [0.1, 0.15) is 17.5 Å². The van der Waals surface area contributed by atoms with Gasteiger partial charge in [0.2, 0.25) is 0 Å². The summed E-state index contributed by atoms with van der Waals surface area (Å²) in [6, 6.07) is 4.06. The maximum atomic E-state index is 12.5. The molecule has 1 aromatic carbocycles. The second-order valence-corrected chi connectivity index (χ2v) is 3.93. The van der Waals surface area contributed by atoms with Gasteiger partial charge in [-0.3, -0.25) is 0 Å². The molecular weight excluding hydrogens is 239 g/mol. The van der Waals surface area contributed by atoms with Gasteiger partial charge < -0.3 is 5.32 Å². The summed E-state index contributed by atoms with van der Waals surface area (Å²) in [5.41, 5.74) is -0.0944. The molecule has 0 aliphatic heterocycles. The Morgan fingerprint density at radius 2 is 2.00 bits per heavy atom. The van der Waals surface area contributed by atoms with Crippen molar-refractivity contribution in [3.8, 4) is 0 Å². The highest BCUT2D eigenvalue weighted by Gasteiger charge is 2.33. The summed E-state index contributed by atoms with van der Waals surface area (Å²) in [7, 11) is 1.81. The zero-order chi connectivity index (χ0) is 12.2. The lowest BCUT2D eigenvalue weighted by Gasteiger charge is -2.10. The first-order valence-corrected chi connectivity index (χ1v) is 5.33. The van der Waals surface area contributed by atoms with Crippen molar-refractivity contribution in [1.82, 2.24) is 5.32 Å². The minimum absolute atomic E-state index is 0.245. The fourth-order valence-electron chi connectivity index (χ4n) is 1.41. The first-order chi connectivity index (χ1) is 7.45. The van der Waals surface area contributed by atoms with Crippen LogP contribution in [0.15, 0.2) is 18.2 Å². The van der Waals surface area contributed by atoms with Crippen molar-refractivity contribution < 1.29 is 13.2 Å². The third kappa shape index (κ3) is 3.68. The third-order valence-corrected chi connectivity index (χ3v) is 2.56. The van der Waals surface area contributed by atoms with Crippen LogP contribution in [-0.2, 0) is 12.6 Å². The van der Waals surface area contributed by atoms with Crippen LogP contribution >= 0.6 is 11.6 Å². The van der Waals surface area contributed by atoms with E-state index >= 15 is 0 Å². The maximum Gasteiger partial charge on any atom is 0.417 e. The average molecular weight is 252 g/mol. The Labute approximate surface area is 97.6 Å². The van der Waals surface area contributed by atoms with Gasteiger partial charge in [-0.2, -0.15) is 13.2 Å². The number of rotatable bonds is 4. The molecule has 1 N–H and O–H groups in total. The smallest absolute Gasteiger partial charge is 0.320 e. The van der Waals surface area contributed by atoms with Crippen LogP contribution in [0.3, 0.4) is 0 Å². The van der Waals surface area contributed by atoms with Crippen molar-refractivity contribution in [2.24, 2.45) is 0 Å². The molecule has 5 heteroatoms. The summed E-state index contributed by atoms with van der Waals surface area (Å²) in [6.45, 7) is 0.782. The highest BCUT2D eigenvalue weighted by atomic mass is 35.5. The maximum absolute atomic E-state index is 12.5. The van der Waals surface area contributed by atoms with Crippen molar-refractivity contribution in [3.05, 3.63) is 34.3 Å². The minimum atomic E-state index is -4.38. The van der Waals surface area contributed by atoms with E-state index in [1.165, 1.54) is 6.07 Å². The molecule has 1 rings (SSSR count). The summed E-state index contributed by atoms with van der Waals surface area (Å²) < 4.78 is 37.6. The van der Waals surface area contributed by atoms with E-state index in [0.29, 0.717) is 12.0 Å². The van der Waals surface area contributed by atoms with Crippen molar-refractivity contribution in [1.29, 1.82) is 0 Å². The van der Waals surface area contributed by atoms with E-state index in [4.69, 9.17) is 11.6 Å². The van der Waals surface area contributed by atoms with E-state index in [-0.39, 0.29) is 5.02 Å². The van der Waals surface area contributed by atoms with Gasteiger partial charge in [-0.1, -0.05) is 17.7 Å². The summed E-state index contributed by atoms with van der Waals surface area (Å²) in [5, 5.41) is 2.70. The van der Waals surface area contributed by atoms with Crippen molar-refractivity contribution in [2.75, 3.05) is 13.6 Å². The molecule has 0 aliphatic carbocycles. The second kappa shape index (κ2) is 5.55. The normalized spacial score (nSPS) is 11.8. The molecule has 1 aromatic rings. The molecule has 90 valence electrons. The van der Waals surface area contributed by atoms with Gasteiger partial charge in [0.15, 0.2) is 0 Å². The van der Waals surface area contributed by atoms with E-state index in [0.717, 1.165) is 19.0 Å². The molecule has 0 aromatic heterocycles. The molecule has 0 unspecified atom stereocenters. The van der Waals surface area contributed by atoms with E-state index in [1.807, 2.05) is 7.05 Å². The molecule has 0 bridgehead atoms. The Bertz CT molecular complexity index is 350. The van der Waals surface area contributed by atoms with Gasteiger partial charge >= 0.3 is 6.18 Å². The van der Waals surface area contributed by atoms with Gasteiger partial charge in [-0.05, 0) is 44.1 Å². The van der Waals surface area contributed by atoms with Crippen LogP contribution in [-0.4, -0.2) is 13.6 Å². The Balaban J connectivity index is 2.82. The Morgan fingerprint density at radius 1 is 1.31 bits per heavy atom. The Kier molecular flexibility index (Phi) is 4.62. The third-order valence-electron chi connectivity index (χ3n) is 2.23. The summed E-state index contributed by atoms with van der Waals surface area (Å²) in [4.78, 5) is 0. The summed E-state index contributed by atoms with van der Waals surface area (Å²) in [6.07, 6.45) is -2.97. The SMILES string of the molecule is CNCCCc1ccc(Cl)c(C(F)(F)F)c1. The first kappa shape index (κ1) is 13.3. The number of hydrogen-bond acceptors (Lipinski definition) is 1. The van der Waals surface area contributed by atoms with Crippen LogP contribution in [0.4, 0.5) is 13.2 Å². The number of benzene rings is 1. The Hall–Kier alpha value is -0.740. The molecule has 0 saturated carbocycles. The number of alkyl halides is 3. The fraction of sp³-hybridized carbons (Fsp3) is 0.455. The highest BCUT2D eigenvalue weighted by Crippen LogP contribution is 2.35. The largest absolute Gasteiger partial charge is 0.417 e. The van der Waals surface area contributed by atoms with Crippen LogP contribution in [0.25, 0.3) is 0 Å². The van der Waals surface area contributed by atoms with Gasteiger partial charge in [0.25, 0.3) is 0 Å². The van der Waals surface area contributed by atoms with Gasteiger partial charge in [-0.15, -0.1) is 0 Å². The predicted molar refractivity (Wildman–Crippen MR) is 58.7 cm³/mol. The summed E-state index contributed by atoms with van der Waals surface area (Å²) in [5.74, 6) is 0. The molecule has 0 fully saturated rings. The topological polar surface area (TPSA) is 12.0 Å². The summed E-state index contributed by atoms with van der Waals surface area (Å²) >= 11 is 5.51. The van der Waals surface area contributed by atoms with E-state index in [2.05, 4.69) is 5.32 Å².